The molecule has 0 spiro atoms. The van der Waals surface area contributed by atoms with Crippen LogP contribution in [0.4, 0.5) is 15.8 Å². The van der Waals surface area contributed by atoms with Crippen LogP contribution in [-0.2, 0) is 11.3 Å². The summed E-state index contributed by atoms with van der Waals surface area (Å²) in [6.45, 7) is 2.68. The molecule has 0 atom stereocenters. The molecule has 3 aromatic rings. The number of carbonyl (C=O) groups is 1. The van der Waals surface area contributed by atoms with E-state index < -0.39 is 5.82 Å². The lowest BCUT2D eigenvalue weighted by Crippen LogP contribution is -2.15. The van der Waals surface area contributed by atoms with Gasteiger partial charge in [0.1, 0.15) is 5.82 Å². The highest BCUT2D eigenvalue weighted by Crippen LogP contribution is 2.26. The molecule has 2 aromatic carbocycles. The minimum atomic E-state index is -0.458. The van der Waals surface area contributed by atoms with Gasteiger partial charge in [0.2, 0.25) is 5.91 Å². The zero-order chi connectivity index (χ0) is 20.1. The molecule has 0 fully saturated rings. The number of halogens is 1. The maximum Gasteiger partial charge on any atom is 0.234 e. The van der Waals surface area contributed by atoms with E-state index in [4.69, 9.17) is 0 Å². The van der Waals surface area contributed by atoms with Crippen LogP contribution in [0.25, 0.3) is 11.4 Å². The monoisotopic (exact) mass is 399 g/mol. The van der Waals surface area contributed by atoms with Gasteiger partial charge in [-0.15, -0.1) is 10.2 Å². The molecular weight excluding hydrogens is 377 g/mol. The van der Waals surface area contributed by atoms with Gasteiger partial charge in [-0.3, -0.25) is 4.79 Å². The van der Waals surface area contributed by atoms with E-state index in [1.807, 2.05) is 48.7 Å². The lowest BCUT2D eigenvalue weighted by molar-refractivity contribution is -0.113. The fourth-order valence-corrected chi connectivity index (χ4v) is 3.50. The van der Waals surface area contributed by atoms with Gasteiger partial charge in [-0.05, 0) is 31.2 Å². The molecule has 1 N–H and O–H groups in total. The van der Waals surface area contributed by atoms with Crippen molar-refractivity contribution >= 4 is 29.0 Å². The van der Waals surface area contributed by atoms with E-state index in [1.54, 1.807) is 12.1 Å². The van der Waals surface area contributed by atoms with Crippen LogP contribution in [0.1, 0.15) is 6.92 Å². The number of nitrogens with one attached hydrogen (secondary N) is 1. The molecule has 3 rings (SSSR count). The Labute approximate surface area is 167 Å². The first-order valence-electron chi connectivity index (χ1n) is 8.87. The van der Waals surface area contributed by atoms with E-state index in [2.05, 4.69) is 21.6 Å². The number of hydrogen-bond acceptors (Lipinski definition) is 5. The molecule has 0 aliphatic heterocycles. The fourth-order valence-electron chi connectivity index (χ4n) is 2.70. The second-order valence-corrected chi connectivity index (χ2v) is 7.25. The number of para-hydroxylation sites is 1. The number of aromatic nitrogens is 3. The molecule has 8 heteroatoms. The van der Waals surface area contributed by atoms with Crippen LogP contribution in [0.15, 0.2) is 53.7 Å². The molecule has 6 nitrogen and oxygen atoms in total. The Bertz CT molecular complexity index is 973. The first-order chi connectivity index (χ1) is 13.5. The zero-order valence-electron chi connectivity index (χ0n) is 16.0. The topological polar surface area (TPSA) is 63.1 Å². The Morgan fingerprint density at radius 1 is 1.18 bits per heavy atom. The maximum absolute atomic E-state index is 13.7. The number of rotatable bonds is 7. The molecule has 0 saturated heterocycles. The fraction of sp³-hybridized carbons (Fsp3) is 0.250. The van der Waals surface area contributed by atoms with Crippen molar-refractivity contribution in [2.75, 3.05) is 30.1 Å². The van der Waals surface area contributed by atoms with Gasteiger partial charge in [0.25, 0.3) is 0 Å². The quantitative estimate of drug-likeness (QED) is 0.611. The predicted molar refractivity (Wildman–Crippen MR) is 111 cm³/mol. The van der Waals surface area contributed by atoms with Crippen molar-refractivity contribution < 1.29 is 9.18 Å². The summed E-state index contributed by atoms with van der Waals surface area (Å²) < 4.78 is 15.6. The van der Waals surface area contributed by atoms with Gasteiger partial charge >= 0.3 is 0 Å². The van der Waals surface area contributed by atoms with Crippen LogP contribution < -0.4 is 10.2 Å². The molecule has 1 amide bonds. The molecule has 0 radical (unpaired) electrons. The first-order valence-corrected chi connectivity index (χ1v) is 9.86. The summed E-state index contributed by atoms with van der Waals surface area (Å²) in [5.41, 5.74) is 2.20. The highest BCUT2D eigenvalue weighted by Gasteiger charge is 2.15. The minimum absolute atomic E-state index is 0.115. The average Bonchev–Trinajstić information content (AvgIpc) is 3.11. The smallest absolute Gasteiger partial charge is 0.234 e. The zero-order valence-corrected chi connectivity index (χ0v) is 16.8. The molecule has 0 unspecified atom stereocenters. The largest absolute Gasteiger partial charge is 0.378 e. The molecule has 0 aliphatic carbocycles. The first kappa shape index (κ1) is 19.9. The molecule has 146 valence electrons. The van der Waals surface area contributed by atoms with Crippen molar-refractivity contribution in [3.05, 3.63) is 54.3 Å². The number of nitrogens with zero attached hydrogens (tertiary/aromatic N) is 4. The number of hydrogen-bond donors (Lipinski definition) is 1. The van der Waals surface area contributed by atoms with Gasteiger partial charge < -0.3 is 14.8 Å². The van der Waals surface area contributed by atoms with E-state index >= 15 is 0 Å². The van der Waals surface area contributed by atoms with Crippen molar-refractivity contribution in [3.63, 3.8) is 0 Å². The number of thioether (sulfide) groups is 1. The molecule has 0 saturated carbocycles. The SMILES string of the molecule is CCn1c(SCC(=O)Nc2ccccc2F)nnc1-c1cccc(N(C)C)c1. The highest BCUT2D eigenvalue weighted by atomic mass is 32.2. The standard InChI is InChI=1S/C20H22FN5OS/c1-4-26-19(14-8-7-9-15(12-14)25(2)3)23-24-20(26)28-13-18(27)22-17-11-6-5-10-16(17)21/h5-12H,4,13H2,1-3H3,(H,22,27). The van der Waals surface area contributed by atoms with Crippen molar-refractivity contribution in [1.29, 1.82) is 0 Å². The molecule has 0 bridgehead atoms. The lowest BCUT2D eigenvalue weighted by Gasteiger charge is -2.14. The second kappa shape index (κ2) is 8.88. The van der Waals surface area contributed by atoms with Gasteiger partial charge in [-0.1, -0.05) is 36.0 Å². The van der Waals surface area contributed by atoms with Crippen LogP contribution in [0, 0.1) is 5.82 Å². The molecule has 1 aromatic heterocycles. The van der Waals surface area contributed by atoms with Gasteiger partial charge in [0, 0.05) is 31.9 Å². The van der Waals surface area contributed by atoms with E-state index in [1.165, 1.54) is 23.9 Å². The van der Waals surface area contributed by atoms with Crippen molar-refractivity contribution in [2.24, 2.45) is 0 Å². The summed E-state index contributed by atoms with van der Waals surface area (Å²) in [6.07, 6.45) is 0. The Kier molecular flexibility index (Phi) is 6.30. The third kappa shape index (κ3) is 4.51. The summed E-state index contributed by atoms with van der Waals surface area (Å²) >= 11 is 1.28. The van der Waals surface area contributed by atoms with Crippen LogP contribution in [-0.4, -0.2) is 40.5 Å². The van der Waals surface area contributed by atoms with E-state index in [0.29, 0.717) is 11.7 Å². The summed E-state index contributed by atoms with van der Waals surface area (Å²) in [4.78, 5) is 14.2. The third-order valence-corrected chi connectivity index (χ3v) is 5.10. The summed E-state index contributed by atoms with van der Waals surface area (Å²) in [7, 11) is 3.97. The van der Waals surface area contributed by atoms with Gasteiger partial charge in [0.05, 0.1) is 11.4 Å². The molecule has 1 heterocycles. The van der Waals surface area contributed by atoms with E-state index in [-0.39, 0.29) is 17.3 Å². The minimum Gasteiger partial charge on any atom is -0.378 e. The van der Waals surface area contributed by atoms with Crippen molar-refractivity contribution in [3.8, 4) is 11.4 Å². The lowest BCUT2D eigenvalue weighted by atomic mass is 10.2. The molecule has 0 aliphatic rings. The Balaban J connectivity index is 1.73. The maximum atomic E-state index is 13.7. The number of benzene rings is 2. The normalized spacial score (nSPS) is 10.7. The van der Waals surface area contributed by atoms with Crippen LogP contribution in [0.3, 0.4) is 0 Å². The molecular formula is C20H22FN5OS. The number of carbonyl (C=O) groups excluding carboxylic acids is 1. The summed E-state index contributed by atoms with van der Waals surface area (Å²) in [5.74, 6) is 0.116. The van der Waals surface area contributed by atoms with Crippen molar-refractivity contribution in [2.45, 2.75) is 18.6 Å². The van der Waals surface area contributed by atoms with Gasteiger partial charge in [-0.25, -0.2) is 4.39 Å². The van der Waals surface area contributed by atoms with Gasteiger partial charge in [0.15, 0.2) is 11.0 Å². The van der Waals surface area contributed by atoms with Crippen LogP contribution >= 0.6 is 11.8 Å². The van der Waals surface area contributed by atoms with E-state index in [0.717, 1.165) is 17.1 Å². The average molecular weight is 399 g/mol. The van der Waals surface area contributed by atoms with Crippen LogP contribution in [0.5, 0.6) is 0 Å². The molecule has 28 heavy (non-hydrogen) atoms. The van der Waals surface area contributed by atoms with Gasteiger partial charge in [-0.2, -0.15) is 0 Å². The third-order valence-electron chi connectivity index (χ3n) is 4.13. The highest BCUT2D eigenvalue weighted by molar-refractivity contribution is 7.99. The van der Waals surface area contributed by atoms with Crippen LogP contribution in [0.2, 0.25) is 0 Å². The summed E-state index contributed by atoms with van der Waals surface area (Å²) in [6, 6.07) is 14.1. The van der Waals surface area contributed by atoms with E-state index in [9.17, 15) is 9.18 Å². The number of amides is 1. The Morgan fingerprint density at radius 2 is 1.96 bits per heavy atom. The summed E-state index contributed by atoms with van der Waals surface area (Å²) in [5, 5.41) is 11.8. The van der Waals surface area contributed by atoms with Crippen molar-refractivity contribution in [1.82, 2.24) is 14.8 Å². The Hall–Kier alpha value is -2.87. The number of anilines is 2. The Morgan fingerprint density at radius 3 is 2.68 bits per heavy atom. The predicted octanol–water partition coefficient (Wildman–Crippen LogP) is 3.90. The second-order valence-electron chi connectivity index (χ2n) is 6.31.